The molecule has 1 amide bonds. The van der Waals surface area contributed by atoms with E-state index in [4.69, 9.17) is 4.98 Å². The van der Waals surface area contributed by atoms with E-state index in [1.165, 1.54) is 0 Å². The molecular weight excluding hydrogens is 466 g/mol. The van der Waals surface area contributed by atoms with Crippen LogP contribution < -0.4 is 4.90 Å². The van der Waals surface area contributed by atoms with Crippen LogP contribution in [0.25, 0.3) is 10.2 Å². The summed E-state index contributed by atoms with van der Waals surface area (Å²) in [5.74, 6) is -0.180. The van der Waals surface area contributed by atoms with Crippen LogP contribution in [0.15, 0.2) is 66.7 Å². The van der Waals surface area contributed by atoms with E-state index in [0.717, 1.165) is 21.3 Å². The summed E-state index contributed by atoms with van der Waals surface area (Å²) in [4.78, 5) is 34.8. The number of ketones is 1. The van der Waals surface area contributed by atoms with E-state index < -0.39 is 0 Å². The van der Waals surface area contributed by atoms with Crippen LogP contribution in [0.3, 0.4) is 0 Å². The standard InChI is InChI=1S/C27H27N3O2S.ClH/c1-18-16-19(2)25-23(17-18)28-27(33-25)30(15-14-29(3)4)26(32)22-12-10-21(11-13-22)24(31)20-8-6-5-7-9-20;/h5-13,16-17H,14-15H2,1-4H3;1H. The van der Waals surface area contributed by atoms with Crippen LogP contribution in [0.5, 0.6) is 0 Å². The lowest BCUT2D eigenvalue weighted by atomic mass is 10.0. The molecule has 0 unspecified atom stereocenters. The third-order valence-corrected chi connectivity index (χ3v) is 6.72. The number of nitrogens with zero attached hydrogens (tertiary/aromatic N) is 3. The lowest BCUT2D eigenvalue weighted by Crippen LogP contribution is -2.36. The number of hydrogen-bond acceptors (Lipinski definition) is 5. The monoisotopic (exact) mass is 493 g/mol. The van der Waals surface area contributed by atoms with E-state index >= 15 is 0 Å². The molecule has 0 atom stereocenters. The van der Waals surface area contributed by atoms with E-state index in [2.05, 4.69) is 26.0 Å². The van der Waals surface area contributed by atoms with Crippen LogP contribution >= 0.6 is 23.7 Å². The van der Waals surface area contributed by atoms with Gasteiger partial charge in [-0.05, 0) is 57.3 Å². The number of thiazole rings is 1. The molecule has 5 nitrogen and oxygen atoms in total. The molecule has 1 aromatic heterocycles. The first-order valence-electron chi connectivity index (χ1n) is 10.9. The maximum Gasteiger partial charge on any atom is 0.260 e. The van der Waals surface area contributed by atoms with Crippen molar-refractivity contribution in [2.24, 2.45) is 0 Å². The predicted molar refractivity (Wildman–Crippen MR) is 143 cm³/mol. The highest BCUT2D eigenvalue weighted by Crippen LogP contribution is 2.32. The van der Waals surface area contributed by atoms with Crippen LogP contribution in [-0.2, 0) is 0 Å². The predicted octanol–water partition coefficient (Wildman–Crippen LogP) is 5.77. The molecule has 0 fully saturated rings. The fourth-order valence-electron chi connectivity index (χ4n) is 3.74. The first-order valence-corrected chi connectivity index (χ1v) is 11.7. The lowest BCUT2D eigenvalue weighted by Gasteiger charge is -2.22. The Balaban J connectivity index is 0.00000324. The van der Waals surface area contributed by atoms with Crippen molar-refractivity contribution >= 4 is 50.8 Å². The number of hydrogen-bond donors (Lipinski definition) is 0. The Kier molecular flexibility index (Phi) is 8.20. The number of carbonyl (C=O) groups excluding carboxylic acids is 2. The Morgan fingerprint density at radius 3 is 2.12 bits per heavy atom. The van der Waals surface area contributed by atoms with Crippen molar-refractivity contribution in [1.29, 1.82) is 0 Å². The van der Waals surface area contributed by atoms with Gasteiger partial charge in [0.05, 0.1) is 10.2 Å². The Bertz CT molecular complexity index is 1300. The van der Waals surface area contributed by atoms with Gasteiger partial charge in [-0.3, -0.25) is 14.5 Å². The second kappa shape index (κ2) is 10.9. The van der Waals surface area contributed by atoms with Gasteiger partial charge in [0.2, 0.25) is 0 Å². The minimum Gasteiger partial charge on any atom is -0.308 e. The number of halogens is 1. The van der Waals surface area contributed by atoms with Gasteiger partial charge in [0.1, 0.15) is 0 Å². The summed E-state index contributed by atoms with van der Waals surface area (Å²) in [7, 11) is 3.97. The number of aryl methyl sites for hydroxylation is 2. The van der Waals surface area contributed by atoms with Gasteiger partial charge in [0, 0.05) is 29.8 Å². The van der Waals surface area contributed by atoms with E-state index in [0.29, 0.717) is 34.9 Å². The van der Waals surface area contributed by atoms with Crippen LogP contribution in [0.2, 0.25) is 0 Å². The molecule has 3 aromatic carbocycles. The maximum atomic E-state index is 13.5. The topological polar surface area (TPSA) is 53.5 Å². The van der Waals surface area contributed by atoms with Gasteiger partial charge in [0.25, 0.3) is 5.91 Å². The number of likely N-dealkylation sites (N-methyl/N-ethyl adjacent to an activating group) is 1. The van der Waals surface area contributed by atoms with Gasteiger partial charge in [-0.25, -0.2) is 4.98 Å². The van der Waals surface area contributed by atoms with Crippen molar-refractivity contribution in [1.82, 2.24) is 9.88 Å². The molecule has 1 heterocycles. The molecule has 176 valence electrons. The minimum atomic E-state index is -0.121. The Morgan fingerprint density at radius 2 is 1.47 bits per heavy atom. The normalized spacial score (nSPS) is 10.9. The first-order chi connectivity index (χ1) is 15.8. The van der Waals surface area contributed by atoms with Crippen LogP contribution in [0.1, 0.15) is 37.4 Å². The molecule has 0 N–H and O–H groups in total. The molecule has 7 heteroatoms. The van der Waals surface area contributed by atoms with Crippen molar-refractivity contribution in [2.75, 3.05) is 32.1 Å². The SMILES string of the molecule is Cc1cc(C)c2sc(N(CCN(C)C)C(=O)c3ccc(C(=O)c4ccccc4)cc3)nc2c1.Cl. The zero-order chi connectivity index (χ0) is 23.5. The fraction of sp³-hybridized carbons (Fsp3) is 0.222. The molecular formula is C27H28ClN3O2S. The summed E-state index contributed by atoms with van der Waals surface area (Å²) < 4.78 is 1.10. The number of carbonyl (C=O) groups is 2. The van der Waals surface area contributed by atoms with Gasteiger partial charge < -0.3 is 4.90 Å². The highest BCUT2D eigenvalue weighted by molar-refractivity contribution is 7.22. The molecule has 0 saturated heterocycles. The first kappa shape index (κ1) is 25.6. The number of aromatic nitrogens is 1. The Morgan fingerprint density at radius 1 is 0.853 bits per heavy atom. The van der Waals surface area contributed by atoms with Crippen LogP contribution in [0.4, 0.5) is 5.13 Å². The van der Waals surface area contributed by atoms with Crippen LogP contribution in [-0.4, -0.2) is 48.8 Å². The van der Waals surface area contributed by atoms with Gasteiger partial charge in [0.15, 0.2) is 10.9 Å². The average molecular weight is 494 g/mol. The second-order valence-electron chi connectivity index (χ2n) is 8.46. The van der Waals surface area contributed by atoms with Crippen molar-refractivity contribution < 1.29 is 9.59 Å². The zero-order valence-corrected chi connectivity index (χ0v) is 21.4. The average Bonchev–Trinajstić information content (AvgIpc) is 3.23. The van der Waals surface area contributed by atoms with Gasteiger partial charge >= 0.3 is 0 Å². The van der Waals surface area contributed by atoms with Gasteiger partial charge in [-0.15, -0.1) is 12.4 Å². The summed E-state index contributed by atoms with van der Waals surface area (Å²) in [5.41, 5.74) is 4.96. The molecule has 0 aliphatic heterocycles. The van der Waals surface area contributed by atoms with Gasteiger partial charge in [-0.1, -0.05) is 59.9 Å². The number of benzene rings is 3. The van der Waals surface area contributed by atoms with Crippen LogP contribution in [0, 0.1) is 13.8 Å². The Hall–Kier alpha value is -3.06. The molecule has 4 aromatic rings. The van der Waals surface area contributed by atoms with E-state index in [-0.39, 0.29) is 24.1 Å². The summed E-state index contributed by atoms with van der Waals surface area (Å²) in [6.45, 7) is 5.36. The molecule has 34 heavy (non-hydrogen) atoms. The summed E-state index contributed by atoms with van der Waals surface area (Å²) >= 11 is 1.54. The second-order valence-corrected chi connectivity index (χ2v) is 9.44. The Labute approximate surface area is 210 Å². The third kappa shape index (κ3) is 5.53. The number of anilines is 1. The summed E-state index contributed by atoms with van der Waals surface area (Å²) in [6.07, 6.45) is 0. The molecule has 0 aliphatic carbocycles. The van der Waals surface area contributed by atoms with Crippen molar-refractivity contribution in [3.05, 3.63) is 94.5 Å². The maximum absolute atomic E-state index is 13.5. The molecule has 0 spiro atoms. The van der Waals surface area contributed by atoms with Gasteiger partial charge in [-0.2, -0.15) is 0 Å². The van der Waals surface area contributed by atoms with Crippen molar-refractivity contribution in [3.63, 3.8) is 0 Å². The molecule has 0 saturated carbocycles. The highest BCUT2D eigenvalue weighted by atomic mass is 35.5. The minimum absolute atomic E-state index is 0. The fourth-order valence-corrected chi connectivity index (χ4v) is 4.78. The lowest BCUT2D eigenvalue weighted by molar-refractivity contribution is 0.0982. The smallest absolute Gasteiger partial charge is 0.260 e. The van der Waals surface area contributed by atoms with E-state index in [9.17, 15) is 9.59 Å². The van der Waals surface area contributed by atoms with E-state index in [1.807, 2.05) is 37.2 Å². The van der Waals surface area contributed by atoms with Crippen molar-refractivity contribution in [2.45, 2.75) is 13.8 Å². The molecule has 0 radical (unpaired) electrons. The molecule has 0 aliphatic rings. The summed E-state index contributed by atoms with van der Waals surface area (Å²) in [6, 6.07) is 20.2. The molecule has 4 rings (SSSR count). The molecule has 0 bridgehead atoms. The quantitative estimate of drug-likeness (QED) is 0.306. The van der Waals surface area contributed by atoms with E-state index in [1.54, 1.807) is 52.6 Å². The largest absolute Gasteiger partial charge is 0.308 e. The number of amides is 1. The number of rotatable bonds is 7. The summed E-state index contributed by atoms with van der Waals surface area (Å²) in [5, 5.41) is 0.690. The highest BCUT2D eigenvalue weighted by Gasteiger charge is 2.22. The third-order valence-electron chi connectivity index (χ3n) is 5.49. The number of fused-ring (bicyclic) bond motifs is 1. The zero-order valence-electron chi connectivity index (χ0n) is 19.7. The van der Waals surface area contributed by atoms with Crippen molar-refractivity contribution in [3.8, 4) is 0 Å².